The van der Waals surface area contributed by atoms with Crippen LogP contribution in [-0.2, 0) is 20.9 Å². The molecule has 2 atom stereocenters. The SMILES string of the molecule is CCOC(=O)C1CC2(CCN(c3cc(O[C@H](c4ccc(Br)cc4-n4ccc(C)n4)C(F)(F)F)nc(C)n3)CC2)CN1C(=O)OCc1ccccc1. The number of carbonyl (C=O) groups is 2. The van der Waals surface area contributed by atoms with Crippen molar-refractivity contribution < 1.29 is 37.0 Å². The van der Waals surface area contributed by atoms with Crippen LogP contribution in [0.1, 0.15) is 54.9 Å². The van der Waals surface area contributed by atoms with E-state index in [-0.39, 0.29) is 41.6 Å². The highest BCUT2D eigenvalue weighted by Gasteiger charge is 2.51. The van der Waals surface area contributed by atoms with Crippen molar-refractivity contribution >= 4 is 33.8 Å². The molecule has 2 aromatic carbocycles. The normalized spacial score (nSPS) is 17.7. The molecule has 0 saturated carbocycles. The molecule has 4 aromatic rings. The van der Waals surface area contributed by atoms with E-state index >= 15 is 0 Å². The molecule has 2 aliphatic rings. The van der Waals surface area contributed by atoms with Crippen LogP contribution in [0.2, 0.25) is 0 Å². The van der Waals surface area contributed by atoms with Gasteiger partial charge >= 0.3 is 18.2 Å². The van der Waals surface area contributed by atoms with Crippen LogP contribution < -0.4 is 9.64 Å². The van der Waals surface area contributed by atoms with Gasteiger partial charge in [0.2, 0.25) is 12.0 Å². The number of anilines is 1. The van der Waals surface area contributed by atoms with Crippen LogP contribution >= 0.6 is 15.9 Å². The summed E-state index contributed by atoms with van der Waals surface area (Å²) in [4.78, 5) is 38.5. The number of ether oxygens (including phenoxy) is 3. The second-order valence-corrected chi connectivity index (χ2v) is 13.8. The molecule has 0 N–H and O–H groups in total. The Kier molecular flexibility index (Phi) is 10.6. The fraction of sp³-hybridized carbons (Fsp3) is 0.417. The summed E-state index contributed by atoms with van der Waals surface area (Å²) < 4.78 is 62.6. The van der Waals surface area contributed by atoms with Crippen LogP contribution in [0, 0.1) is 19.3 Å². The van der Waals surface area contributed by atoms with Crippen LogP contribution in [0.25, 0.3) is 5.69 Å². The molecular formula is C36H38BrF3N6O5. The number of halogens is 4. The van der Waals surface area contributed by atoms with Gasteiger partial charge in [-0.05, 0) is 69.2 Å². The van der Waals surface area contributed by atoms with E-state index in [0.717, 1.165) is 5.56 Å². The zero-order chi connectivity index (χ0) is 36.3. The molecule has 15 heteroatoms. The van der Waals surface area contributed by atoms with E-state index in [9.17, 15) is 22.8 Å². The van der Waals surface area contributed by atoms with Crippen LogP contribution in [-0.4, -0.2) is 75.2 Å². The highest BCUT2D eigenvalue weighted by atomic mass is 79.9. The highest BCUT2D eigenvalue weighted by molar-refractivity contribution is 9.10. The molecule has 0 radical (unpaired) electrons. The van der Waals surface area contributed by atoms with E-state index in [1.54, 1.807) is 39.1 Å². The minimum Gasteiger partial charge on any atom is -0.464 e. The predicted molar refractivity (Wildman–Crippen MR) is 184 cm³/mol. The number of nitrogens with zero attached hydrogens (tertiary/aromatic N) is 6. The lowest BCUT2D eigenvalue weighted by atomic mass is 9.76. The fourth-order valence-corrected chi connectivity index (χ4v) is 7.08. The standard InChI is InChI=1S/C36H38BrF3N6O5/c1-4-49-33(47)29-20-35(22-45(29)34(48)50-21-25-8-6-5-7-9-25)13-16-44(17-14-35)30-19-31(42-24(3)41-30)51-32(36(38,39)40)27-11-10-26(37)18-28(27)46-15-12-23(2)43-46/h5-12,15,18-19,29,32H,4,13-14,16-17,20-22H2,1-3H3/t29?,32-/m1/s1. The number of amides is 1. The average molecular weight is 772 g/mol. The monoisotopic (exact) mass is 770 g/mol. The Morgan fingerprint density at radius 2 is 1.76 bits per heavy atom. The maximum Gasteiger partial charge on any atom is 0.429 e. The van der Waals surface area contributed by atoms with E-state index in [2.05, 4.69) is 31.0 Å². The molecule has 1 amide bonds. The largest absolute Gasteiger partial charge is 0.464 e. The second-order valence-electron chi connectivity index (χ2n) is 12.9. The molecule has 2 aromatic heterocycles. The van der Waals surface area contributed by atoms with Crippen molar-refractivity contribution in [3.63, 3.8) is 0 Å². The second kappa shape index (κ2) is 14.9. The zero-order valence-electron chi connectivity index (χ0n) is 28.4. The Labute approximate surface area is 301 Å². The topological polar surface area (TPSA) is 112 Å². The number of esters is 1. The minimum absolute atomic E-state index is 0.0746. The van der Waals surface area contributed by atoms with Gasteiger partial charge in [0.25, 0.3) is 0 Å². The third-order valence-corrected chi connectivity index (χ3v) is 9.73. The predicted octanol–water partition coefficient (Wildman–Crippen LogP) is 7.28. The van der Waals surface area contributed by atoms with Gasteiger partial charge in [-0.15, -0.1) is 0 Å². The van der Waals surface area contributed by atoms with Crippen molar-refractivity contribution in [2.75, 3.05) is 31.1 Å². The molecule has 1 unspecified atom stereocenters. The molecule has 6 rings (SSSR count). The van der Waals surface area contributed by atoms with Gasteiger partial charge in [0.15, 0.2) is 0 Å². The fourth-order valence-electron chi connectivity index (χ4n) is 6.73. The first-order valence-electron chi connectivity index (χ1n) is 16.6. The smallest absolute Gasteiger partial charge is 0.429 e. The van der Waals surface area contributed by atoms with Crippen molar-refractivity contribution in [1.82, 2.24) is 24.6 Å². The molecule has 51 heavy (non-hydrogen) atoms. The molecule has 2 aliphatic heterocycles. The summed E-state index contributed by atoms with van der Waals surface area (Å²) in [5, 5.41) is 4.32. The van der Waals surface area contributed by atoms with Gasteiger partial charge in [-0.2, -0.15) is 23.3 Å². The average Bonchev–Trinajstić information content (AvgIpc) is 3.70. The van der Waals surface area contributed by atoms with Crippen molar-refractivity contribution in [3.8, 4) is 11.6 Å². The van der Waals surface area contributed by atoms with Gasteiger partial charge in [0.05, 0.1) is 18.0 Å². The number of piperidine rings is 1. The van der Waals surface area contributed by atoms with Gasteiger partial charge in [-0.3, -0.25) is 4.90 Å². The minimum atomic E-state index is -4.78. The van der Waals surface area contributed by atoms with E-state index in [1.165, 1.54) is 27.8 Å². The molecule has 270 valence electrons. The third-order valence-electron chi connectivity index (χ3n) is 9.24. The van der Waals surface area contributed by atoms with Crippen LogP contribution in [0.4, 0.5) is 23.8 Å². The Hall–Kier alpha value is -4.66. The number of aromatic nitrogens is 4. The molecule has 4 heterocycles. The van der Waals surface area contributed by atoms with E-state index in [4.69, 9.17) is 14.2 Å². The summed E-state index contributed by atoms with van der Waals surface area (Å²) in [6, 6.07) is 16.1. The lowest BCUT2D eigenvalue weighted by Gasteiger charge is -2.39. The van der Waals surface area contributed by atoms with E-state index in [1.807, 2.05) is 35.2 Å². The van der Waals surface area contributed by atoms with Gasteiger partial charge in [0.1, 0.15) is 24.3 Å². The summed E-state index contributed by atoms with van der Waals surface area (Å²) in [6.07, 6.45) is -4.51. The maximum atomic E-state index is 14.7. The number of carbonyl (C=O) groups excluding carboxylic acids is 2. The van der Waals surface area contributed by atoms with Crippen molar-refractivity contribution in [2.24, 2.45) is 5.41 Å². The Morgan fingerprint density at radius 1 is 1.02 bits per heavy atom. The van der Waals surface area contributed by atoms with Crippen molar-refractivity contribution in [3.05, 3.63) is 94.0 Å². The summed E-state index contributed by atoms with van der Waals surface area (Å²) in [5.41, 5.74) is 1.18. The molecule has 0 aliphatic carbocycles. The van der Waals surface area contributed by atoms with Crippen molar-refractivity contribution in [2.45, 2.75) is 65.0 Å². The number of hydrogen-bond donors (Lipinski definition) is 0. The Balaban J connectivity index is 1.19. The lowest BCUT2D eigenvalue weighted by molar-refractivity contribution is -0.198. The zero-order valence-corrected chi connectivity index (χ0v) is 30.0. The van der Waals surface area contributed by atoms with Crippen LogP contribution in [0.15, 0.2) is 71.3 Å². The quantitative estimate of drug-likeness (QED) is 0.162. The number of likely N-dealkylation sites (tertiary alicyclic amines) is 1. The molecular weight excluding hydrogens is 733 g/mol. The number of hydrogen-bond acceptors (Lipinski definition) is 9. The molecule has 0 bridgehead atoms. The number of benzene rings is 2. The molecule has 1 spiro atoms. The summed E-state index contributed by atoms with van der Waals surface area (Å²) in [5.74, 6) is -0.0252. The number of rotatable bonds is 9. The van der Waals surface area contributed by atoms with Crippen molar-refractivity contribution in [1.29, 1.82) is 0 Å². The van der Waals surface area contributed by atoms with E-state index in [0.29, 0.717) is 54.9 Å². The maximum absolute atomic E-state index is 14.7. The molecule has 2 fully saturated rings. The van der Waals surface area contributed by atoms with Crippen LogP contribution in [0.5, 0.6) is 5.88 Å². The Morgan fingerprint density at radius 3 is 2.43 bits per heavy atom. The van der Waals surface area contributed by atoms with Crippen LogP contribution in [0.3, 0.4) is 0 Å². The van der Waals surface area contributed by atoms with E-state index < -0.39 is 30.4 Å². The molecule has 2 saturated heterocycles. The lowest BCUT2D eigenvalue weighted by Crippen LogP contribution is -2.43. The summed E-state index contributed by atoms with van der Waals surface area (Å²) in [6.45, 7) is 6.60. The summed E-state index contributed by atoms with van der Waals surface area (Å²) in [7, 11) is 0. The first-order valence-corrected chi connectivity index (χ1v) is 17.4. The van der Waals surface area contributed by atoms with Gasteiger partial charge in [-0.25, -0.2) is 19.3 Å². The number of alkyl halides is 3. The van der Waals surface area contributed by atoms with Gasteiger partial charge in [0, 0.05) is 41.9 Å². The van der Waals surface area contributed by atoms with Gasteiger partial charge < -0.3 is 19.1 Å². The number of aryl methyl sites for hydroxylation is 2. The highest BCUT2D eigenvalue weighted by Crippen LogP contribution is 2.45. The first kappa shape index (κ1) is 36.1. The van der Waals surface area contributed by atoms with Gasteiger partial charge in [-0.1, -0.05) is 52.3 Å². The third kappa shape index (κ3) is 8.29. The first-order chi connectivity index (χ1) is 24.3. The summed E-state index contributed by atoms with van der Waals surface area (Å²) >= 11 is 3.36. The Bertz CT molecular complexity index is 1870. The molecule has 11 nitrogen and oxygen atoms in total.